The van der Waals surface area contributed by atoms with Gasteiger partial charge in [0.1, 0.15) is 0 Å². The third-order valence-electron chi connectivity index (χ3n) is 5.59. The van der Waals surface area contributed by atoms with Crippen LogP contribution in [0.1, 0.15) is 100 Å². The van der Waals surface area contributed by atoms with Gasteiger partial charge in [-0.2, -0.15) is 0 Å². The molecule has 0 unspecified atom stereocenters. The Hall–Kier alpha value is -0.780. The molecule has 0 saturated heterocycles. The zero-order valence-electron chi connectivity index (χ0n) is 12.9. The molecule has 2 aliphatic rings. The summed E-state index contributed by atoms with van der Waals surface area (Å²) in [6.07, 6.45) is 17.3. The standard InChI is InChI=1S/C20H30/c1-2-6-10-17(9-5-1)19-13-15-20(16-14-19)18-11-7-3-4-8-12-18/h13-18H,1-12H2. The molecule has 3 rings (SSSR count). The van der Waals surface area contributed by atoms with E-state index in [2.05, 4.69) is 24.3 Å². The van der Waals surface area contributed by atoms with Crippen LogP contribution in [0.25, 0.3) is 0 Å². The molecule has 1 aromatic carbocycles. The molecule has 2 saturated carbocycles. The predicted octanol–water partition coefficient (Wildman–Crippen LogP) is 6.56. The minimum Gasteiger partial charge on any atom is -0.0585 e. The summed E-state index contributed by atoms with van der Waals surface area (Å²) in [7, 11) is 0. The molecular formula is C20H30. The molecule has 2 aliphatic carbocycles. The minimum absolute atomic E-state index is 0.848. The van der Waals surface area contributed by atoms with E-state index in [4.69, 9.17) is 0 Å². The molecule has 0 atom stereocenters. The largest absolute Gasteiger partial charge is 0.0585 e. The van der Waals surface area contributed by atoms with Crippen molar-refractivity contribution >= 4 is 0 Å². The first-order chi connectivity index (χ1) is 9.93. The van der Waals surface area contributed by atoms with Gasteiger partial charge in [-0.25, -0.2) is 0 Å². The highest BCUT2D eigenvalue weighted by molar-refractivity contribution is 5.28. The molecule has 0 aromatic heterocycles. The lowest BCUT2D eigenvalue weighted by atomic mass is 9.87. The van der Waals surface area contributed by atoms with E-state index in [0.29, 0.717) is 0 Å². The van der Waals surface area contributed by atoms with Crippen molar-refractivity contribution in [2.24, 2.45) is 0 Å². The normalized spacial score (nSPS) is 23.2. The molecule has 2 fully saturated rings. The topological polar surface area (TPSA) is 0 Å². The van der Waals surface area contributed by atoms with Gasteiger partial charge in [0, 0.05) is 0 Å². The molecule has 0 N–H and O–H groups in total. The van der Waals surface area contributed by atoms with E-state index in [1.165, 1.54) is 77.0 Å². The molecule has 0 heteroatoms. The Balaban J connectivity index is 1.66. The second kappa shape index (κ2) is 7.29. The lowest BCUT2D eigenvalue weighted by Gasteiger charge is -2.18. The Bertz CT molecular complexity index is 334. The molecule has 0 nitrogen and oxygen atoms in total. The van der Waals surface area contributed by atoms with Gasteiger partial charge >= 0.3 is 0 Å². The van der Waals surface area contributed by atoms with E-state index in [0.717, 1.165) is 11.8 Å². The van der Waals surface area contributed by atoms with Crippen LogP contribution in [0, 0.1) is 0 Å². The Morgan fingerprint density at radius 3 is 1.05 bits per heavy atom. The van der Waals surface area contributed by atoms with Crippen molar-refractivity contribution in [2.45, 2.75) is 88.9 Å². The molecule has 0 heterocycles. The second-order valence-corrected chi connectivity index (χ2v) is 7.04. The van der Waals surface area contributed by atoms with Crippen LogP contribution >= 0.6 is 0 Å². The molecular weight excluding hydrogens is 240 g/mol. The van der Waals surface area contributed by atoms with Crippen LogP contribution < -0.4 is 0 Å². The van der Waals surface area contributed by atoms with E-state index < -0.39 is 0 Å². The molecule has 0 aliphatic heterocycles. The molecule has 0 amide bonds. The van der Waals surface area contributed by atoms with Gasteiger partial charge < -0.3 is 0 Å². The van der Waals surface area contributed by atoms with Crippen LogP contribution in [0.4, 0.5) is 0 Å². The van der Waals surface area contributed by atoms with Crippen molar-refractivity contribution in [3.8, 4) is 0 Å². The number of hydrogen-bond acceptors (Lipinski definition) is 0. The molecule has 20 heavy (non-hydrogen) atoms. The highest BCUT2D eigenvalue weighted by Gasteiger charge is 2.17. The van der Waals surface area contributed by atoms with E-state index in [1.807, 2.05) is 0 Å². The van der Waals surface area contributed by atoms with Gasteiger partial charge in [0.15, 0.2) is 0 Å². The van der Waals surface area contributed by atoms with Crippen molar-refractivity contribution in [3.63, 3.8) is 0 Å². The highest BCUT2D eigenvalue weighted by Crippen LogP contribution is 2.35. The average Bonchev–Trinajstić information content (AvgIpc) is 2.92. The zero-order valence-corrected chi connectivity index (χ0v) is 12.9. The van der Waals surface area contributed by atoms with Gasteiger partial charge in [0.2, 0.25) is 0 Å². The smallest absolute Gasteiger partial charge is 0.0162 e. The summed E-state index contributed by atoms with van der Waals surface area (Å²) in [6, 6.07) is 9.82. The summed E-state index contributed by atoms with van der Waals surface area (Å²) < 4.78 is 0. The van der Waals surface area contributed by atoms with E-state index in [1.54, 1.807) is 11.1 Å². The third kappa shape index (κ3) is 3.65. The maximum atomic E-state index is 2.45. The van der Waals surface area contributed by atoms with Crippen molar-refractivity contribution in [2.75, 3.05) is 0 Å². The van der Waals surface area contributed by atoms with Gasteiger partial charge in [-0.05, 0) is 48.6 Å². The van der Waals surface area contributed by atoms with Crippen molar-refractivity contribution in [3.05, 3.63) is 35.4 Å². The zero-order chi connectivity index (χ0) is 13.6. The lowest BCUT2D eigenvalue weighted by molar-refractivity contribution is 0.583. The lowest BCUT2D eigenvalue weighted by Crippen LogP contribution is -2.00. The first kappa shape index (κ1) is 14.2. The second-order valence-electron chi connectivity index (χ2n) is 7.04. The summed E-state index contributed by atoms with van der Waals surface area (Å²) in [5, 5.41) is 0. The molecule has 0 spiro atoms. The average molecular weight is 270 g/mol. The summed E-state index contributed by atoms with van der Waals surface area (Å²) >= 11 is 0. The fraction of sp³-hybridized carbons (Fsp3) is 0.700. The number of hydrogen-bond donors (Lipinski definition) is 0. The Morgan fingerprint density at radius 1 is 0.450 bits per heavy atom. The first-order valence-corrected chi connectivity index (χ1v) is 9.03. The summed E-state index contributed by atoms with van der Waals surface area (Å²) in [4.78, 5) is 0. The van der Waals surface area contributed by atoms with Crippen molar-refractivity contribution in [1.29, 1.82) is 0 Å². The first-order valence-electron chi connectivity index (χ1n) is 9.03. The van der Waals surface area contributed by atoms with Gasteiger partial charge in [0.05, 0.1) is 0 Å². The predicted molar refractivity (Wildman–Crippen MR) is 87.3 cm³/mol. The van der Waals surface area contributed by atoms with E-state index >= 15 is 0 Å². The summed E-state index contributed by atoms with van der Waals surface area (Å²) in [6.45, 7) is 0. The summed E-state index contributed by atoms with van der Waals surface area (Å²) in [5.41, 5.74) is 3.23. The molecule has 110 valence electrons. The van der Waals surface area contributed by atoms with Gasteiger partial charge in [0.25, 0.3) is 0 Å². The monoisotopic (exact) mass is 270 g/mol. The fourth-order valence-electron chi connectivity index (χ4n) is 4.27. The van der Waals surface area contributed by atoms with Crippen LogP contribution in [0.15, 0.2) is 24.3 Å². The third-order valence-corrected chi connectivity index (χ3v) is 5.59. The maximum absolute atomic E-state index is 2.45. The van der Waals surface area contributed by atoms with Gasteiger partial charge in [-0.15, -0.1) is 0 Å². The Kier molecular flexibility index (Phi) is 5.17. The quantitative estimate of drug-likeness (QED) is 0.534. The van der Waals surface area contributed by atoms with Crippen LogP contribution in [0.5, 0.6) is 0 Å². The van der Waals surface area contributed by atoms with Crippen LogP contribution in [0.2, 0.25) is 0 Å². The van der Waals surface area contributed by atoms with E-state index in [9.17, 15) is 0 Å². The van der Waals surface area contributed by atoms with E-state index in [-0.39, 0.29) is 0 Å². The van der Waals surface area contributed by atoms with Gasteiger partial charge in [-0.1, -0.05) is 75.6 Å². The van der Waals surface area contributed by atoms with Gasteiger partial charge in [-0.3, -0.25) is 0 Å². The van der Waals surface area contributed by atoms with Crippen LogP contribution in [-0.2, 0) is 0 Å². The Morgan fingerprint density at radius 2 is 0.750 bits per heavy atom. The Labute approximate surface area is 125 Å². The number of benzene rings is 1. The molecule has 0 bridgehead atoms. The number of rotatable bonds is 2. The highest BCUT2D eigenvalue weighted by atomic mass is 14.2. The molecule has 1 aromatic rings. The van der Waals surface area contributed by atoms with Crippen LogP contribution in [-0.4, -0.2) is 0 Å². The summed E-state index contributed by atoms with van der Waals surface area (Å²) in [5.74, 6) is 1.70. The van der Waals surface area contributed by atoms with Crippen molar-refractivity contribution < 1.29 is 0 Å². The minimum atomic E-state index is 0.848. The van der Waals surface area contributed by atoms with Crippen LogP contribution in [0.3, 0.4) is 0 Å². The SMILES string of the molecule is c1cc(C2CCCCCC2)ccc1C1CCCCCC1. The fourth-order valence-corrected chi connectivity index (χ4v) is 4.27. The maximum Gasteiger partial charge on any atom is -0.0162 e. The molecule has 0 radical (unpaired) electrons. The van der Waals surface area contributed by atoms with Crippen molar-refractivity contribution in [1.82, 2.24) is 0 Å².